The number of aromatic nitrogens is 2. The summed E-state index contributed by atoms with van der Waals surface area (Å²) >= 11 is 0. The van der Waals surface area contributed by atoms with E-state index in [4.69, 9.17) is 0 Å². The number of hydrogen-bond acceptors (Lipinski definition) is 2. The van der Waals surface area contributed by atoms with Crippen LogP contribution in [0, 0.1) is 0 Å². The maximum absolute atomic E-state index is 4.08. The second-order valence-electron chi connectivity index (χ2n) is 2.91. The minimum atomic E-state index is 0.966. The van der Waals surface area contributed by atoms with Crippen molar-refractivity contribution in [1.82, 2.24) is 14.5 Å². The summed E-state index contributed by atoms with van der Waals surface area (Å²) < 4.78 is 2.15. The van der Waals surface area contributed by atoms with Crippen molar-refractivity contribution in [2.75, 3.05) is 14.1 Å². The summed E-state index contributed by atoms with van der Waals surface area (Å²) in [5.41, 5.74) is 1.28. The van der Waals surface area contributed by atoms with Gasteiger partial charge in [-0.05, 0) is 21.0 Å². The van der Waals surface area contributed by atoms with Crippen LogP contribution in [0.4, 0.5) is 0 Å². The lowest BCUT2D eigenvalue weighted by atomic mass is 10.4. The van der Waals surface area contributed by atoms with Gasteiger partial charge in [0.25, 0.3) is 0 Å². The maximum atomic E-state index is 4.08. The van der Waals surface area contributed by atoms with E-state index >= 15 is 0 Å². The first-order valence-corrected chi connectivity index (χ1v) is 3.87. The van der Waals surface area contributed by atoms with Gasteiger partial charge in [0.2, 0.25) is 0 Å². The average Bonchev–Trinajstić information content (AvgIpc) is 2.34. The van der Waals surface area contributed by atoms with Gasteiger partial charge in [0, 0.05) is 19.3 Å². The Hall–Kier alpha value is -0.830. The second-order valence-corrected chi connectivity index (χ2v) is 2.91. The first-order chi connectivity index (χ1) is 5.24. The molecule has 1 aromatic rings. The van der Waals surface area contributed by atoms with Gasteiger partial charge < -0.3 is 9.47 Å². The molecule has 0 bridgehead atoms. The Morgan fingerprint density at radius 3 is 2.82 bits per heavy atom. The number of rotatable bonds is 3. The molecule has 0 N–H and O–H groups in total. The van der Waals surface area contributed by atoms with Gasteiger partial charge in [0.1, 0.15) is 0 Å². The van der Waals surface area contributed by atoms with Crippen LogP contribution >= 0.6 is 0 Å². The average molecular weight is 153 g/mol. The lowest BCUT2D eigenvalue weighted by molar-refractivity contribution is 0.388. The predicted molar refractivity (Wildman–Crippen MR) is 45.3 cm³/mol. The van der Waals surface area contributed by atoms with E-state index in [2.05, 4.69) is 35.5 Å². The molecule has 1 heterocycles. The predicted octanol–water partition coefficient (Wildman–Crippen LogP) is 0.965. The normalized spacial score (nSPS) is 10.9. The van der Waals surface area contributed by atoms with E-state index in [9.17, 15) is 0 Å². The minimum Gasteiger partial charge on any atom is -0.334 e. The highest BCUT2D eigenvalue weighted by atomic mass is 15.1. The molecule has 3 heteroatoms. The number of hydrogen-bond donors (Lipinski definition) is 0. The molecule has 0 unspecified atom stereocenters. The van der Waals surface area contributed by atoms with E-state index < -0.39 is 0 Å². The van der Waals surface area contributed by atoms with Gasteiger partial charge in [-0.1, -0.05) is 0 Å². The first kappa shape index (κ1) is 8.27. The summed E-state index contributed by atoms with van der Waals surface area (Å²) in [5, 5.41) is 0. The van der Waals surface area contributed by atoms with Crippen LogP contribution in [0.2, 0.25) is 0 Å². The highest BCUT2D eigenvalue weighted by Crippen LogP contribution is 2.00. The summed E-state index contributed by atoms with van der Waals surface area (Å²) in [5.74, 6) is 0. The fourth-order valence-electron chi connectivity index (χ4n) is 1.09. The summed E-state index contributed by atoms with van der Waals surface area (Å²) in [6, 6.07) is 0. The van der Waals surface area contributed by atoms with Crippen molar-refractivity contribution in [3.63, 3.8) is 0 Å². The Labute approximate surface area is 67.7 Å². The molecule has 11 heavy (non-hydrogen) atoms. The minimum absolute atomic E-state index is 0.966. The van der Waals surface area contributed by atoms with Gasteiger partial charge in [-0.25, -0.2) is 4.98 Å². The largest absolute Gasteiger partial charge is 0.334 e. The van der Waals surface area contributed by atoms with Crippen molar-refractivity contribution in [3.8, 4) is 0 Å². The first-order valence-electron chi connectivity index (χ1n) is 3.87. The highest BCUT2D eigenvalue weighted by molar-refractivity contribution is 4.97. The van der Waals surface area contributed by atoms with E-state index in [-0.39, 0.29) is 0 Å². The lowest BCUT2D eigenvalue weighted by Gasteiger charge is -2.10. The van der Waals surface area contributed by atoms with E-state index in [0.717, 1.165) is 13.1 Å². The lowest BCUT2D eigenvalue weighted by Crippen LogP contribution is -2.13. The molecule has 3 nitrogen and oxygen atoms in total. The third-order valence-corrected chi connectivity index (χ3v) is 1.62. The van der Waals surface area contributed by atoms with Crippen LogP contribution in [-0.4, -0.2) is 28.5 Å². The van der Waals surface area contributed by atoms with E-state index in [0.29, 0.717) is 0 Å². The zero-order valence-corrected chi connectivity index (χ0v) is 7.41. The van der Waals surface area contributed by atoms with E-state index in [1.54, 1.807) is 0 Å². The Bertz CT molecular complexity index is 215. The molecule has 0 saturated heterocycles. The van der Waals surface area contributed by atoms with E-state index in [1.807, 2.05) is 12.5 Å². The molecule has 0 aliphatic carbocycles. The molecule has 0 radical (unpaired) electrons. The van der Waals surface area contributed by atoms with Gasteiger partial charge >= 0.3 is 0 Å². The van der Waals surface area contributed by atoms with Crippen molar-refractivity contribution in [2.45, 2.75) is 20.0 Å². The van der Waals surface area contributed by atoms with Crippen molar-refractivity contribution in [1.29, 1.82) is 0 Å². The zero-order chi connectivity index (χ0) is 8.27. The van der Waals surface area contributed by atoms with Crippen molar-refractivity contribution < 1.29 is 0 Å². The number of aryl methyl sites for hydroxylation is 1. The summed E-state index contributed by atoms with van der Waals surface area (Å²) in [6.45, 7) is 4.10. The van der Waals surface area contributed by atoms with Crippen LogP contribution in [0.5, 0.6) is 0 Å². The third-order valence-electron chi connectivity index (χ3n) is 1.62. The molecule has 0 amide bonds. The van der Waals surface area contributed by atoms with E-state index in [1.165, 1.54) is 5.69 Å². The van der Waals surface area contributed by atoms with Gasteiger partial charge in [-0.2, -0.15) is 0 Å². The molecular weight excluding hydrogens is 138 g/mol. The second kappa shape index (κ2) is 3.53. The fraction of sp³-hybridized carbons (Fsp3) is 0.625. The zero-order valence-electron chi connectivity index (χ0n) is 7.41. The van der Waals surface area contributed by atoms with Crippen molar-refractivity contribution in [3.05, 3.63) is 18.2 Å². The summed E-state index contributed by atoms with van der Waals surface area (Å²) in [6.07, 6.45) is 3.79. The molecule has 0 aliphatic rings. The van der Waals surface area contributed by atoms with Crippen LogP contribution in [0.1, 0.15) is 12.6 Å². The topological polar surface area (TPSA) is 21.1 Å². The molecule has 0 fully saturated rings. The fourth-order valence-corrected chi connectivity index (χ4v) is 1.09. The molecule has 0 atom stereocenters. The SMILES string of the molecule is CCn1cncc1CN(C)C. The Kier molecular flexibility index (Phi) is 2.65. The molecular formula is C8H15N3. The molecule has 0 spiro atoms. The van der Waals surface area contributed by atoms with Gasteiger partial charge in [0.15, 0.2) is 0 Å². The molecule has 0 saturated carbocycles. The Balaban J connectivity index is 2.68. The standard InChI is InChI=1S/C8H15N3/c1-4-11-7-9-5-8(11)6-10(2)3/h5,7H,4,6H2,1-3H3. The number of nitrogens with zero attached hydrogens (tertiary/aromatic N) is 3. The van der Waals surface area contributed by atoms with Crippen molar-refractivity contribution >= 4 is 0 Å². The number of imidazole rings is 1. The quantitative estimate of drug-likeness (QED) is 0.645. The molecule has 1 rings (SSSR count). The van der Waals surface area contributed by atoms with Crippen LogP contribution in [0.25, 0.3) is 0 Å². The van der Waals surface area contributed by atoms with Gasteiger partial charge in [0.05, 0.1) is 12.0 Å². The monoisotopic (exact) mass is 153 g/mol. The van der Waals surface area contributed by atoms with Crippen LogP contribution in [-0.2, 0) is 13.1 Å². The summed E-state index contributed by atoms with van der Waals surface area (Å²) in [7, 11) is 4.12. The highest BCUT2D eigenvalue weighted by Gasteiger charge is 1.99. The van der Waals surface area contributed by atoms with Gasteiger partial charge in [-0.15, -0.1) is 0 Å². The van der Waals surface area contributed by atoms with Crippen LogP contribution in [0.3, 0.4) is 0 Å². The van der Waals surface area contributed by atoms with Crippen LogP contribution in [0.15, 0.2) is 12.5 Å². The maximum Gasteiger partial charge on any atom is 0.0948 e. The van der Waals surface area contributed by atoms with Crippen LogP contribution < -0.4 is 0 Å². The summed E-state index contributed by atoms with van der Waals surface area (Å²) in [4.78, 5) is 6.22. The van der Waals surface area contributed by atoms with Gasteiger partial charge in [-0.3, -0.25) is 0 Å². The third kappa shape index (κ3) is 2.05. The molecule has 1 aromatic heterocycles. The Morgan fingerprint density at radius 1 is 1.55 bits per heavy atom. The smallest absolute Gasteiger partial charge is 0.0948 e. The van der Waals surface area contributed by atoms with Crippen molar-refractivity contribution in [2.24, 2.45) is 0 Å². The molecule has 0 aliphatic heterocycles. The molecule has 0 aromatic carbocycles. The molecule has 62 valence electrons. The Morgan fingerprint density at radius 2 is 2.27 bits per heavy atom.